The third-order valence-corrected chi connectivity index (χ3v) is 7.55. The molecule has 2 heterocycles. The minimum Gasteiger partial charge on any atom is -0.356 e. The van der Waals surface area contributed by atoms with Crippen LogP contribution in [-0.2, 0) is 20.6 Å². The summed E-state index contributed by atoms with van der Waals surface area (Å²) in [4.78, 5) is 54.1. The largest absolute Gasteiger partial charge is 0.416 e. The van der Waals surface area contributed by atoms with E-state index in [0.717, 1.165) is 17.0 Å². The van der Waals surface area contributed by atoms with Crippen LogP contribution >= 0.6 is 0 Å². The van der Waals surface area contributed by atoms with Gasteiger partial charge >= 0.3 is 12.2 Å². The van der Waals surface area contributed by atoms with E-state index in [1.165, 1.54) is 29.2 Å². The Morgan fingerprint density at radius 1 is 1.07 bits per heavy atom. The van der Waals surface area contributed by atoms with Gasteiger partial charge in [-0.2, -0.15) is 18.4 Å². The summed E-state index contributed by atoms with van der Waals surface area (Å²) in [5, 5.41) is 14.8. The molecule has 4 amide bonds. The summed E-state index contributed by atoms with van der Waals surface area (Å²) in [6.45, 7) is 0.193. The van der Waals surface area contributed by atoms with Crippen molar-refractivity contribution in [2.24, 2.45) is 5.92 Å². The maximum atomic E-state index is 14.1. The van der Waals surface area contributed by atoms with Crippen LogP contribution < -0.4 is 15.5 Å². The van der Waals surface area contributed by atoms with E-state index in [0.29, 0.717) is 36.2 Å². The Bertz CT molecular complexity index is 1470. The fraction of sp³-hybridized carbons (Fsp3) is 0.345. The van der Waals surface area contributed by atoms with Gasteiger partial charge in [0.2, 0.25) is 11.8 Å². The lowest BCUT2D eigenvalue weighted by molar-refractivity contribution is -0.137. The number of allylic oxidation sites excluding steroid dienone is 1. The number of alkyl halides is 3. The smallest absolute Gasteiger partial charge is 0.356 e. The molecule has 0 aromatic heterocycles. The molecule has 2 aromatic carbocycles. The van der Waals surface area contributed by atoms with E-state index >= 15 is 0 Å². The zero-order chi connectivity index (χ0) is 29.3. The van der Waals surface area contributed by atoms with Crippen LogP contribution in [0, 0.1) is 17.2 Å². The summed E-state index contributed by atoms with van der Waals surface area (Å²) >= 11 is 0. The molecule has 2 aromatic rings. The molecular formula is C29H26F3N5O4. The fourth-order valence-electron chi connectivity index (χ4n) is 5.47. The number of nitrogens with one attached hydrogen (secondary N) is 2. The molecule has 1 fully saturated rings. The fourth-order valence-corrected chi connectivity index (χ4v) is 5.47. The summed E-state index contributed by atoms with van der Waals surface area (Å²) in [6.07, 6.45) is -3.50. The summed E-state index contributed by atoms with van der Waals surface area (Å²) in [5.74, 6) is -0.846. The Balaban J connectivity index is 1.52. The van der Waals surface area contributed by atoms with E-state index in [2.05, 4.69) is 10.6 Å². The van der Waals surface area contributed by atoms with E-state index in [9.17, 15) is 37.6 Å². The SMILES string of the molecule is N#Cc1ccc(C2C3=C(CCC3=O)N(c3cccc(C(F)(F)F)c3)C(=O)N2CC(=O)NCC2CCC(=O)NC2)cc1. The van der Waals surface area contributed by atoms with Crippen LogP contribution in [0.2, 0.25) is 0 Å². The van der Waals surface area contributed by atoms with Crippen LogP contribution in [0.1, 0.15) is 48.4 Å². The van der Waals surface area contributed by atoms with Crippen LogP contribution in [0.25, 0.3) is 0 Å². The highest BCUT2D eigenvalue weighted by Crippen LogP contribution is 2.45. The Morgan fingerprint density at radius 2 is 1.83 bits per heavy atom. The maximum Gasteiger partial charge on any atom is 0.416 e. The molecule has 0 radical (unpaired) electrons. The number of nitriles is 1. The quantitative estimate of drug-likeness (QED) is 0.552. The van der Waals surface area contributed by atoms with Crippen LogP contribution in [0.5, 0.6) is 0 Å². The Hall–Kier alpha value is -4.66. The third kappa shape index (κ3) is 5.66. The van der Waals surface area contributed by atoms with Gasteiger partial charge in [-0.1, -0.05) is 18.2 Å². The van der Waals surface area contributed by atoms with Gasteiger partial charge in [0.1, 0.15) is 6.54 Å². The molecule has 2 aliphatic heterocycles. The minimum atomic E-state index is -4.65. The van der Waals surface area contributed by atoms with Crippen LogP contribution in [0.4, 0.5) is 23.7 Å². The van der Waals surface area contributed by atoms with Crippen LogP contribution in [0.15, 0.2) is 59.8 Å². The molecule has 2 atom stereocenters. The van der Waals surface area contributed by atoms with Gasteiger partial charge in [0.05, 0.1) is 28.9 Å². The molecule has 41 heavy (non-hydrogen) atoms. The lowest BCUT2D eigenvalue weighted by Gasteiger charge is -2.42. The number of carbonyl (C=O) groups excluding carboxylic acids is 4. The molecule has 3 aliphatic rings. The maximum absolute atomic E-state index is 14.1. The zero-order valence-corrected chi connectivity index (χ0v) is 21.8. The first-order valence-corrected chi connectivity index (χ1v) is 13.1. The first-order valence-electron chi connectivity index (χ1n) is 13.1. The Kier molecular flexibility index (Phi) is 7.53. The lowest BCUT2D eigenvalue weighted by atomic mass is 9.92. The lowest BCUT2D eigenvalue weighted by Crippen LogP contribution is -2.53. The van der Waals surface area contributed by atoms with Crippen LogP contribution in [0.3, 0.4) is 0 Å². The second kappa shape index (κ2) is 11.1. The summed E-state index contributed by atoms with van der Waals surface area (Å²) in [6, 6.07) is 10.9. The van der Waals surface area contributed by atoms with Gasteiger partial charge < -0.3 is 15.5 Å². The van der Waals surface area contributed by atoms with Crippen molar-refractivity contribution in [1.29, 1.82) is 5.26 Å². The molecule has 0 bridgehead atoms. The van der Waals surface area contributed by atoms with E-state index in [-0.39, 0.29) is 48.3 Å². The second-order valence-electron chi connectivity index (χ2n) is 10.2. The highest BCUT2D eigenvalue weighted by atomic mass is 19.4. The molecule has 5 rings (SSSR count). The Labute approximate surface area is 233 Å². The topological polar surface area (TPSA) is 123 Å². The number of halogens is 3. The number of urea groups is 1. The molecule has 1 saturated heterocycles. The average molecular weight is 566 g/mol. The average Bonchev–Trinajstić information content (AvgIpc) is 3.33. The number of Topliss-reactive ketones (excluding diaryl/α,β-unsaturated/α-hetero) is 1. The molecule has 9 nitrogen and oxygen atoms in total. The molecule has 2 unspecified atom stereocenters. The van der Waals surface area contributed by atoms with Crippen molar-refractivity contribution < 1.29 is 32.3 Å². The van der Waals surface area contributed by atoms with Gasteiger partial charge in [0, 0.05) is 37.2 Å². The first kappa shape index (κ1) is 27.9. The number of benzene rings is 2. The third-order valence-electron chi connectivity index (χ3n) is 7.55. The molecule has 212 valence electrons. The van der Waals surface area contributed by atoms with Crippen molar-refractivity contribution >= 4 is 29.3 Å². The number of amides is 4. The predicted molar refractivity (Wildman–Crippen MR) is 140 cm³/mol. The number of carbonyl (C=O) groups is 4. The monoisotopic (exact) mass is 565 g/mol. The molecular weight excluding hydrogens is 539 g/mol. The highest BCUT2D eigenvalue weighted by molar-refractivity contribution is 6.08. The number of rotatable bonds is 6. The molecule has 2 N–H and O–H groups in total. The predicted octanol–water partition coefficient (Wildman–Crippen LogP) is 3.82. The van der Waals surface area contributed by atoms with E-state index in [4.69, 9.17) is 0 Å². The van der Waals surface area contributed by atoms with E-state index in [1.54, 1.807) is 12.1 Å². The molecule has 0 spiro atoms. The van der Waals surface area contributed by atoms with Crippen molar-refractivity contribution in [2.45, 2.75) is 37.9 Å². The van der Waals surface area contributed by atoms with Crippen molar-refractivity contribution in [3.63, 3.8) is 0 Å². The molecule has 1 aliphatic carbocycles. The van der Waals surface area contributed by atoms with E-state index < -0.39 is 36.3 Å². The number of hydrogen-bond donors (Lipinski definition) is 2. The van der Waals surface area contributed by atoms with Gasteiger partial charge in [0.15, 0.2) is 5.78 Å². The summed E-state index contributed by atoms with van der Waals surface area (Å²) < 4.78 is 40.6. The highest BCUT2D eigenvalue weighted by Gasteiger charge is 2.46. The number of hydrogen-bond acceptors (Lipinski definition) is 5. The van der Waals surface area contributed by atoms with Gasteiger partial charge in [-0.05, 0) is 54.7 Å². The normalized spacial score (nSPS) is 21.0. The van der Waals surface area contributed by atoms with Gasteiger partial charge in [0.25, 0.3) is 0 Å². The summed E-state index contributed by atoms with van der Waals surface area (Å²) in [5.41, 5.74) is 0.364. The first-order chi connectivity index (χ1) is 19.6. The number of piperidine rings is 1. The van der Waals surface area contributed by atoms with E-state index in [1.807, 2.05) is 6.07 Å². The van der Waals surface area contributed by atoms with Crippen molar-refractivity contribution in [1.82, 2.24) is 15.5 Å². The van der Waals surface area contributed by atoms with Gasteiger partial charge in [-0.25, -0.2) is 4.79 Å². The summed E-state index contributed by atoms with van der Waals surface area (Å²) in [7, 11) is 0. The zero-order valence-electron chi connectivity index (χ0n) is 21.8. The minimum absolute atomic E-state index is 0.00959. The number of ketones is 1. The number of anilines is 1. The number of nitrogens with zero attached hydrogens (tertiary/aromatic N) is 3. The second-order valence-corrected chi connectivity index (χ2v) is 10.2. The van der Waals surface area contributed by atoms with Crippen molar-refractivity contribution in [2.75, 3.05) is 24.5 Å². The van der Waals surface area contributed by atoms with Gasteiger partial charge in [-0.3, -0.25) is 19.3 Å². The van der Waals surface area contributed by atoms with Crippen molar-refractivity contribution in [3.05, 3.63) is 76.5 Å². The van der Waals surface area contributed by atoms with Gasteiger partial charge in [-0.15, -0.1) is 0 Å². The standard InChI is InChI=1S/C29H26F3N5O4/c30-29(31,32)20-2-1-3-21(12-20)37-22-9-10-23(38)26(22)27(19-7-4-17(13-33)5-8-19)36(28(37)41)16-25(40)35-15-18-6-11-24(39)34-14-18/h1-5,7-8,12,18,27H,6,9-11,14-16H2,(H,34,39)(H,35,40). The van der Waals surface area contributed by atoms with Crippen molar-refractivity contribution in [3.8, 4) is 6.07 Å². The van der Waals surface area contributed by atoms with Crippen LogP contribution in [-0.4, -0.2) is 48.2 Å². The Morgan fingerprint density at radius 3 is 2.49 bits per heavy atom. The molecule has 12 heteroatoms. The molecule has 0 saturated carbocycles.